The van der Waals surface area contributed by atoms with Gasteiger partial charge in [-0.15, -0.1) is 4.80 Å². The van der Waals surface area contributed by atoms with Gasteiger partial charge in [-0.05, 0) is 24.8 Å². The van der Waals surface area contributed by atoms with Crippen LogP contribution in [0.25, 0.3) is 11.5 Å². The van der Waals surface area contributed by atoms with E-state index in [1.54, 1.807) is 24.7 Å². The maximum atomic E-state index is 8.58. The number of nitrogens with two attached hydrogens (primary N) is 1. The first kappa shape index (κ1) is 20.7. The molecule has 0 radical (unpaired) electrons. The lowest BCUT2D eigenvalue weighted by atomic mass is 9.83. The summed E-state index contributed by atoms with van der Waals surface area (Å²) >= 11 is 12.7. The van der Waals surface area contributed by atoms with Crippen LogP contribution < -0.4 is 10.6 Å². The fourth-order valence-corrected chi connectivity index (χ4v) is 4.84. The van der Waals surface area contributed by atoms with Crippen molar-refractivity contribution in [3.63, 3.8) is 0 Å². The number of rotatable bonds is 3. The Morgan fingerprint density at radius 1 is 1.16 bits per heavy atom. The van der Waals surface area contributed by atoms with E-state index in [9.17, 15) is 0 Å². The van der Waals surface area contributed by atoms with E-state index in [2.05, 4.69) is 42.8 Å². The predicted octanol–water partition coefficient (Wildman–Crippen LogP) is 2.93. The molecule has 2 aliphatic rings. The molecule has 12 heteroatoms. The molecule has 0 aromatic carbocycles. The Morgan fingerprint density at radius 3 is 2.53 bits per heavy atom. The summed E-state index contributed by atoms with van der Waals surface area (Å²) in [5.74, 6) is 1.10. The molecule has 1 aliphatic heterocycles. The van der Waals surface area contributed by atoms with Gasteiger partial charge in [0.25, 0.3) is 0 Å². The lowest BCUT2D eigenvalue weighted by molar-refractivity contribution is -0.106. The maximum absolute atomic E-state index is 8.58. The maximum Gasteiger partial charge on any atom is 0.204 e. The molecule has 10 nitrogen and oxygen atoms in total. The van der Waals surface area contributed by atoms with Crippen molar-refractivity contribution in [2.75, 3.05) is 11.4 Å². The van der Waals surface area contributed by atoms with Crippen LogP contribution in [0.1, 0.15) is 25.5 Å². The first-order valence-electron chi connectivity index (χ1n) is 9.96. The van der Waals surface area contributed by atoms with Gasteiger partial charge >= 0.3 is 0 Å². The predicted molar refractivity (Wildman–Crippen MR) is 119 cm³/mol. The van der Waals surface area contributed by atoms with Crippen molar-refractivity contribution in [3.8, 4) is 5.82 Å². The van der Waals surface area contributed by atoms with Gasteiger partial charge in [0.1, 0.15) is 0 Å². The molecule has 0 spiro atoms. The minimum absolute atomic E-state index is 0.0550. The fraction of sp³-hybridized carbons (Fsp3) is 0.300. The number of anilines is 2. The summed E-state index contributed by atoms with van der Waals surface area (Å²) in [5, 5.41) is 13.7. The van der Waals surface area contributed by atoms with Gasteiger partial charge < -0.3 is 10.6 Å². The highest BCUT2D eigenvalue weighted by Gasteiger charge is 2.51. The number of pyridine rings is 1. The van der Waals surface area contributed by atoms with Gasteiger partial charge in [-0.1, -0.05) is 30.1 Å². The van der Waals surface area contributed by atoms with Crippen LogP contribution >= 0.6 is 23.2 Å². The molecule has 1 saturated carbocycles. The Labute approximate surface area is 193 Å². The van der Waals surface area contributed by atoms with Crippen LogP contribution in [0.3, 0.4) is 0 Å². The first-order valence-corrected chi connectivity index (χ1v) is 10.7. The Morgan fingerprint density at radius 2 is 1.88 bits per heavy atom. The zero-order valence-electron chi connectivity index (χ0n) is 17.1. The first-order chi connectivity index (χ1) is 15.5. The molecular weight excluding hydrogens is 453 g/mol. The SMILES string of the molecule is CC1(C2CC2)CN(c2cnc(-n3nccn3)c(Cl)c2)c2cnc3cc(Cl)nn3c21.NC=O. The molecule has 1 aliphatic carbocycles. The highest BCUT2D eigenvalue weighted by Crippen LogP contribution is 2.55. The Bertz CT molecular complexity index is 1300. The molecule has 32 heavy (non-hydrogen) atoms. The molecule has 2 N–H and O–H groups in total. The number of carbonyl (C=O) groups is 1. The van der Waals surface area contributed by atoms with Crippen LogP contribution in [0.2, 0.25) is 10.2 Å². The molecule has 1 amide bonds. The molecule has 4 aromatic heterocycles. The third kappa shape index (κ3) is 3.26. The Balaban J connectivity index is 0.000000684. The summed E-state index contributed by atoms with van der Waals surface area (Å²) in [6.07, 6.45) is 9.56. The summed E-state index contributed by atoms with van der Waals surface area (Å²) < 4.78 is 1.90. The summed E-state index contributed by atoms with van der Waals surface area (Å²) in [7, 11) is 0. The van der Waals surface area contributed by atoms with Crippen LogP contribution in [-0.2, 0) is 10.2 Å². The molecule has 164 valence electrons. The number of aromatic nitrogens is 7. The highest BCUT2D eigenvalue weighted by molar-refractivity contribution is 6.32. The molecule has 6 rings (SSSR count). The monoisotopic (exact) mass is 471 g/mol. The van der Waals surface area contributed by atoms with Gasteiger partial charge in [0.15, 0.2) is 16.6 Å². The van der Waals surface area contributed by atoms with Gasteiger partial charge in [-0.3, -0.25) is 4.79 Å². The molecule has 0 bridgehead atoms. The van der Waals surface area contributed by atoms with Gasteiger partial charge in [-0.25, -0.2) is 14.5 Å². The van der Waals surface area contributed by atoms with E-state index in [1.807, 2.05) is 16.8 Å². The van der Waals surface area contributed by atoms with E-state index >= 15 is 0 Å². The van der Waals surface area contributed by atoms with Crippen LogP contribution in [0.5, 0.6) is 0 Å². The quantitative estimate of drug-likeness (QED) is 0.455. The Hall–Kier alpha value is -3.24. The molecule has 4 aromatic rings. The molecule has 1 unspecified atom stereocenters. The lowest BCUT2D eigenvalue weighted by Gasteiger charge is -2.26. The normalized spacial score (nSPS) is 19.5. The van der Waals surface area contributed by atoms with E-state index in [-0.39, 0.29) is 11.8 Å². The van der Waals surface area contributed by atoms with Crippen LogP contribution in [0, 0.1) is 5.92 Å². The minimum atomic E-state index is -0.0550. The fourth-order valence-electron chi connectivity index (χ4n) is 4.43. The molecule has 1 atom stereocenters. The topological polar surface area (TPSA) is 120 Å². The van der Waals surface area contributed by atoms with Crippen LogP contribution in [0.15, 0.2) is 36.9 Å². The average Bonchev–Trinajstić information content (AvgIpc) is 3.22. The second kappa shape index (κ2) is 7.72. The third-order valence-corrected chi connectivity index (χ3v) is 6.42. The highest BCUT2D eigenvalue weighted by atomic mass is 35.5. The zero-order chi connectivity index (χ0) is 22.5. The minimum Gasteiger partial charge on any atom is -0.372 e. The second-order valence-electron chi connectivity index (χ2n) is 7.96. The summed E-state index contributed by atoms with van der Waals surface area (Å²) in [6.45, 7) is 3.11. The zero-order valence-corrected chi connectivity index (χ0v) is 18.6. The molecular formula is C20H19Cl2N9O. The molecule has 5 heterocycles. The molecule has 1 fully saturated rings. The van der Waals surface area contributed by atoms with Crippen molar-refractivity contribution >= 4 is 46.6 Å². The van der Waals surface area contributed by atoms with Crippen molar-refractivity contribution in [2.45, 2.75) is 25.2 Å². The number of primary amides is 1. The van der Waals surface area contributed by atoms with Gasteiger partial charge in [0.2, 0.25) is 6.41 Å². The third-order valence-electron chi connectivity index (χ3n) is 5.96. The standard InChI is InChI=1S/C19H16Cl2N8.CH3NO/c1-19(11-2-3-11)10-27(14-9-22-16-7-15(21)26-28(16)17(14)19)12-6-13(20)18(23-8-12)29-24-4-5-25-29;2-1-3/h4-9,11H,2-3,10H2,1H3;1H,(H2,2,3). The summed E-state index contributed by atoms with van der Waals surface area (Å²) in [5.41, 5.74) is 7.93. The van der Waals surface area contributed by atoms with Crippen molar-refractivity contribution < 1.29 is 4.79 Å². The van der Waals surface area contributed by atoms with E-state index < -0.39 is 0 Å². The Kier molecular flexibility index (Phi) is 4.98. The number of hydrogen-bond acceptors (Lipinski definition) is 7. The summed E-state index contributed by atoms with van der Waals surface area (Å²) in [4.78, 5) is 21.3. The number of carbonyl (C=O) groups excluding carboxylic acids is 1. The second-order valence-corrected chi connectivity index (χ2v) is 8.75. The summed E-state index contributed by atoms with van der Waals surface area (Å²) in [6, 6.07) is 3.69. The average molecular weight is 472 g/mol. The smallest absolute Gasteiger partial charge is 0.204 e. The van der Waals surface area contributed by atoms with E-state index in [0.29, 0.717) is 21.9 Å². The van der Waals surface area contributed by atoms with Gasteiger partial charge in [0, 0.05) is 18.0 Å². The van der Waals surface area contributed by atoms with Gasteiger partial charge in [0.05, 0.1) is 46.9 Å². The number of halogens is 2. The number of fused-ring (bicyclic) bond motifs is 3. The number of hydrogen-bond donors (Lipinski definition) is 1. The van der Waals surface area contributed by atoms with Gasteiger partial charge in [-0.2, -0.15) is 15.3 Å². The van der Waals surface area contributed by atoms with E-state index in [0.717, 1.165) is 29.3 Å². The number of amides is 1. The van der Waals surface area contributed by atoms with E-state index in [1.165, 1.54) is 17.6 Å². The van der Waals surface area contributed by atoms with E-state index in [4.69, 9.17) is 28.0 Å². The van der Waals surface area contributed by atoms with Crippen molar-refractivity contribution in [1.82, 2.24) is 34.6 Å². The lowest BCUT2D eigenvalue weighted by Crippen LogP contribution is -2.32. The van der Waals surface area contributed by atoms with Crippen LogP contribution in [0.4, 0.5) is 11.4 Å². The largest absolute Gasteiger partial charge is 0.372 e. The van der Waals surface area contributed by atoms with Crippen molar-refractivity contribution in [2.24, 2.45) is 11.7 Å². The van der Waals surface area contributed by atoms with Crippen molar-refractivity contribution in [1.29, 1.82) is 0 Å². The van der Waals surface area contributed by atoms with Crippen LogP contribution in [-0.4, -0.2) is 47.5 Å². The number of nitrogens with zero attached hydrogens (tertiary/aromatic N) is 8. The molecule has 0 saturated heterocycles. The van der Waals surface area contributed by atoms with Crippen molar-refractivity contribution in [3.05, 3.63) is 52.8 Å².